The zero-order chi connectivity index (χ0) is 15.8. The van der Waals surface area contributed by atoms with Crippen LogP contribution in [0.5, 0.6) is 11.5 Å². The number of carbonyl (C=O) groups is 1. The molecule has 0 saturated carbocycles. The summed E-state index contributed by atoms with van der Waals surface area (Å²) in [6.07, 6.45) is 0. The molecule has 1 N–H and O–H groups in total. The van der Waals surface area contributed by atoms with E-state index in [2.05, 4.69) is 5.32 Å². The number of nitrogens with zero attached hydrogens (tertiary/aromatic N) is 1. The van der Waals surface area contributed by atoms with Crippen LogP contribution in [0.1, 0.15) is 27.7 Å². The molecule has 5 nitrogen and oxygen atoms in total. The van der Waals surface area contributed by atoms with Crippen molar-refractivity contribution in [1.29, 1.82) is 5.26 Å². The second kappa shape index (κ2) is 8.15. The fourth-order valence-electron chi connectivity index (χ4n) is 1.87. The topological polar surface area (TPSA) is 71.3 Å². The van der Waals surface area contributed by atoms with Crippen LogP contribution in [0.15, 0.2) is 18.2 Å². The van der Waals surface area contributed by atoms with E-state index in [1.807, 2.05) is 33.8 Å². The van der Waals surface area contributed by atoms with Gasteiger partial charge in [0.15, 0.2) is 0 Å². The molecule has 1 atom stereocenters. The summed E-state index contributed by atoms with van der Waals surface area (Å²) in [6.45, 7) is 8.46. The van der Waals surface area contributed by atoms with Crippen molar-refractivity contribution in [1.82, 2.24) is 0 Å². The average Bonchev–Trinajstić information content (AvgIpc) is 2.42. The van der Waals surface area contributed by atoms with Gasteiger partial charge in [-0.05, 0) is 31.9 Å². The number of nitriles is 1. The normalized spacial score (nSPS) is 11.6. The summed E-state index contributed by atoms with van der Waals surface area (Å²) in [7, 11) is 0. The minimum atomic E-state index is -0.699. The molecule has 21 heavy (non-hydrogen) atoms. The molecule has 0 bridgehead atoms. The third-order valence-corrected chi connectivity index (χ3v) is 2.91. The molecule has 0 spiro atoms. The molecule has 0 aliphatic carbocycles. The van der Waals surface area contributed by atoms with E-state index in [-0.39, 0.29) is 11.8 Å². The van der Waals surface area contributed by atoms with Gasteiger partial charge in [-0.15, -0.1) is 0 Å². The van der Waals surface area contributed by atoms with E-state index in [1.54, 1.807) is 18.2 Å². The summed E-state index contributed by atoms with van der Waals surface area (Å²) in [5, 5.41) is 11.8. The smallest absolute Gasteiger partial charge is 0.242 e. The van der Waals surface area contributed by atoms with E-state index in [4.69, 9.17) is 14.7 Å². The highest BCUT2D eigenvalue weighted by atomic mass is 16.5. The maximum atomic E-state index is 12.2. The Kier molecular flexibility index (Phi) is 6.54. The van der Waals surface area contributed by atoms with Crippen LogP contribution in [0.25, 0.3) is 0 Å². The molecule has 1 amide bonds. The van der Waals surface area contributed by atoms with Crippen LogP contribution in [-0.4, -0.2) is 19.1 Å². The van der Waals surface area contributed by atoms with Crippen molar-refractivity contribution >= 4 is 11.6 Å². The summed E-state index contributed by atoms with van der Waals surface area (Å²) in [5.41, 5.74) is 0.522. The monoisotopic (exact) mass is 290 g/mol. The number of nitrogens with one attached hydrogen (secondary N) is 1. The van der Waals surface area contributed by atoms with Gasteiger partial charge < -0.3 is 14.8 Å². The summed E-state index contributed by atoms with van der Waals surface area (Å²) < 4.78 is 10.9. The van der Waals surface area contributed by atoms with Crippen molar-refractivity contribution in [3.05, 3.63) is 18.2 Å². The van der Waals surface area contributed by atoms with Crippen molar-refractivity contribution in [2.75, 3.05) is 18.5 Å². The maximum absolute atomic E-state index is 12.2. The first-order valence-corrected chi connectivity index (χ1v) is 7.13. The molecule has 114 valence electrons. The Morgan fingerprint density at radius 1 is 1.29 bits per heavy atom. The van der Waals surface area contributed by atoms with E-state index in [0.29, 0.717) is 30.4 Å². The fourth-order valence-corrected chi connectivity index (χ4v) is 1.87. The van der Waals surface area contributed by atoms with Gasteiger partial charge in [0, 0.05) is 6.07 Å². The molecule has 0 fully saturated rings. The highest BCUT2D eigenvalue weighted by Crippen LogP contribution is 2.30. The van der Waals surface area contributed by atoms with E-state index in [9.17, 15) is 4.79 Å². The van der Waals surface area contributed by atoms with Gasteiger partial charge in [-0.1, -0.05) is 13.8 Å². The van der Waals surface area contributed by atoms with Gasteiger partial charge in [-0.2, -0.15) is 5.26 Å². The van der Waals surface area contributed by atoms with Crippen molar-refractivity contribution in [2.24, 2.45) is 11.8 Å². The predicted molar refractivity (Wildman–Crippen MR) is 81.4 cm³/mol. The number of benzene rings is 1. The number of hydrogen-bond donors (Lipinski definition) is 1. The Bertz CT molecular complexity index is 521. The van der Waals surface area contributed by atoms with Gasteiger partial charge in [0.25, 0.3) is 0 Å². The van der Waals surface area contributed by atoms with E-state index >= 15 is 0 Å². The third-order valence-electron chi connectivity index (χ3n) is 2.91. The summed E-state index contributed by atoms with van der Waals surface area (Å²) >= 11 is 0. The third kappa shape index (κ3) is 4.67. The molecular weight excluding hydrogens is 268 g/mol. The molecule has 0 heterocycles. The molecule has 1 aromatic rings. The Morgan fingerprint density at radius 3 is 2.48 bits per heavy atom. The molecule has 1 aromatic carbocycles. The molecule has 5 heteroatoms. The van der Waals surface area contributed by atoms with E-state index in [0.717, 1.165) is 0 Å². The Morgan fingerprint density at radius 2 is 1.95 bits per heavy atom. The van der Waals surface area contributed by atoms with Crippen LogP contribution in [0.3, 0.4) is 0 Å². The van der Waals surface area contributed by atoms with Crippen molar-refractivity contribution in [2.45, 2.75) is 27.7 Å². The molecule has 0 aliphatic rings. The van der Waals surface area contributed by atoms with Crippen molar-refractivity contribution in [3.8, 4) is 17.6 Å². The number of rotatable bonds is 7. The molecule has 0 radical (unpaired) electrons. The summed E-state index contributed by atoms with van der Waals surface area (Å²) in [4.78, 5) is 12.2. The number of carbonyl (C=O) groups excluding carboxylic acids is 1. The quantitative estimate of drug-likeness (QED) is 0.837. The van der Waals surface area contributed by atoms with Crippen molar-refractivity contribution < 1.29 is 14.3 Å². The first kappa shape index (κ1) is 16.8. The number of ether oxygens (including phenoxy) is 2. The minimum absolute atomic E-state index is 0.0550. The average molecular weight is 290 g/mol. The zero-order valence-electron chi connectivity index (χ0n) is 13.0. The van der Waals surface area contributed by atoms with Crippen LogP contribution >= 0.6 is 0 Å². The number of amides is 1. The van der Waals surface area contributed by atoms with Gasteiger partial charge in [-0.3, -0.25) is 4.79 Å². The van der Waals surface area contributed by atoms with Crippen LogP contribution in [0, 0.1) is 23.2 Å². The lowest BCUT2D eigenvalue weighted by Crippen LogP contribution is -2.25. The Balaban J connectivity index is 3.00. The lowest BCUT2D eigenvalue weighted by atomic mass is 9.96. The van der Waals surface area contributed by atoms with E-state index in [1.165, 1.54) is 0 Å². The fraction of sp³-hybridized carbons (Fsp3) is 0.500. The largest absolute Gasteiger partial charge is 0.494 e. The number of anilines is 1. The molecule has 1 unspecified atom stereocenters. The van der Waals surface area contributed by atoms with Gasteiger partial charge >= 0.3 is 0 Å². The molecule has 0 aliphatic heterocycles. The second-order valence-electron chi connectivity index (χ2n) is 4.86. The SMILES string of the molecule is CCOc1ccc(OCC)c(NC(=O)C(C#N)C(C)C)c1. The van der Waals surface area contributed by atoms with Crippen LogP contribution in [-0.2, 0) is 4.79 Å². The van der Waals surface area contributed by atoms with Crippen LogP contribution in [0.2, 0.25) is 0 Å². The zero-order valence-corrected chi connectivity index (χ0v) is 13.0. The molecule has 0 aromatic heterocycles. The van der Waals surface area contributed by atoms with E-state index < -0.39 is 5.92 Å². The molecule has 0 saturated heterocycles. The Labute approximate surface area is 125 Å². The van der Waals surface area contributed by atoms with Gasteiger partial charge in [0.05, 0.1) is 25.0 Å². The summed E-state index contributed by atoms with van der Waals surface area (Å²) in [6, 6.07) is 7.28. The predicted octanol–water partition coefficient (Wildman–Crippen LogP) is 3.22. The second-order valence-corrected chi connectivity index (χ2v) is 4.86. The highest BCUT2D eigenvalue weighted by molar-refractivity contribution is 5.95. The van der Waals surface area contributed by atoms with Crippen LogP contribution in [0.4, 0.5) is 5.69 Å². The molecular formula is C16H22N2O3. The van der Waals surface area contributed by atoms with Gasteiger partial charge in [0.1, 0.15) is 17.4 Å². The summed E-state index contributed by atoms with van der Waals surface area (Å²) in [5.74, 6) is 0.127. The number of hydrogen-bond acceptors (Lipinski definition) is 4. The standard InChI is InChI=1S/C16H22N2O3/c1-5-20-12-7-8-15(21-6-2)14(9-12)18-16(19)13(10-17)11(3)4/h7-9,11,13H,5-6H2,1-4H3,(H,18,19). The van der Waals surface area contributed by atoms with Crippen LogP contribution < -0.4 is 14.8 Å². The Hall–Kier alpha value is -2.22. The first-order chi connectivity index (χ1) is 10.0. The van der Waals surface area contributed by atoms with Crippen molar-refractivity contribution in [3.63, 3.8) is 0 Å². The highest BCUT2D eigenvalue weighted by Gasteiger charge is 2.22. The lowest BCUT2D eigenvalue weighted by Gasteiger charge is -2.16. The van der Waals surface area contributed by atoms with Gasteiger partial charge in [-0.25, -0.2) is 0 Å². The molecule has 1 rings (SSSR count). The first-order valence-electron chi connectivity index (χ1n) is 7.13. The lowest BCUT2D eigenvalue weighted by molar-refractivity contribution is -0.119. The van der Waals surface area contributed by atoms with Gasteiger partial charge in [0.2, 0.25) is 5.91 Å². The maximum Gasteiger partial charge on any atom is 0.242 e. The minimum Gasteiger partial charge on any atom is -0.494 e.